The van der Waals surface area contributed by atoms with E-state index in [4.69, 9.17) is 5.11 Å². The van der Waals surface area contributed by atoms with Crippen LogP contribution in [0.15, 0.2) is 18.3 Å². The van der Waals surface area contributed by atoms with Crippen LogP contribution >= 0.6 is 0 Å². The van der Waals surface area contributed by atoms with Crippen LogP contribution in [0.1, 0.15) is 20.8 Å². The van der Waals surface area contributed by atoms with Crippen LogP contribution in [0, 0.1) is 0 Å². The van der Waals surface area contributed by atoms with E-state index in [1.54, 1.807) is 0 Å². The Morgan fingerprint density at radius 2 is 2.27 bits per heavy atom. The molecule has 0 aromatic carbocycles. The molecule has 0 aliphatic rings. The molecule has 0 atom stereocenters. The highest BCUT2D eigenvalue weighted by molar-refractivity contribution is 6.03. The van der Waals surface area contributed by atoms with Gasteiger partial charge in [-0.05, 0) is 12.1 Å². The summed E-state index contributed by atoms with van der Waals surface area (Å²) in [6, 6.07) is 2.69. The van der Waals surface area contributed by atoms with Crippen molar-refractivity contribution in [3.05, 3.63) is 29.6 Å². The van der Waals surface area contributed by atoms with E-state index in [9.17, 15) is 14.4 Å². The van der Waals surface area contributed by atoms with Crippen LogP contribution in [0.4, 0.5) is 0 Å². The number of aldehydes is 1. The molecule has 1 amide bonds. The molecule has 0 unspecified atom stereocenters. The highest BCUT2D eigenvalue weighted by atomic mass is 16.4. The number of aromatic carboxylic acids is 1. The van der Waals surface area contributed by atoms with E-state index in [-0.39, 0.29) is 17.8 Å². The molecule has 0 aliphatic heterocycles. The lowest BCUT2D eigenvalue weighted by Gasteiger charge is -2.03. The molecule has 1 heterocycles. The Morgan fingerprint density at radius 3 is 2.87 bits per heavy atom. The SMILES string of the molecule is O=CCNC(=O)c1ncccc1C(=O)O. The second-order valence-corrected chi connectivity index (χ2v) is 2.58. The molecule has 15 heavy (non-hydrogen) atoms. The lowest BCUT2D eigenvalue weighted by molar-refractivity contribution is -0.107. The van der Waals surface area contributed by atoms with Gasteiger partial charge in [-0.1, -0.05) is 0 Å². The van der Waals surface area contributed by atoms with Gasteiger partial charge in [-0.15, -0.1) is 0 Å². The van der Waals surface area contributed by atoms with Gasteiger partial charge in [0, 0.05) is 6.20 Å². The minimum atomic E-state index is -1.24. The average molecular weight is 208 g/mol. The van der Waals surface area contributed by atoms with Gasteiger partial charge < -0.3 is 15.2 Å². The van der Waals surface area contributed by atoms with Crippen molar-refractivity contribution in [2.45, 2.75) is 0 Å². The predicted octanol–water partition coefficient (Wildman–Crippen LogP) is -0.292. The van der Waals surface area contributed by atoms with Crippen molar-refractivity contribution in [3.8, 4) is 0 Å². The summed E-state index contributed by atoms with van der Waals surface area (Å²) in [6.45, 7) is -0.172. The Hall–Kier alpha value is -2.24. The molecule has 0 radical (unpaired) electrons. The van der Waals surface area contributed by atoms with Gasteiger partial charge in [-0.3, -0.25) is 9.78 Å². The zero-order chi connectivity index (χ0) is 11.3. The smallest absolute Gasteiger partial charge is 0.338 e. The number of carboxylic acid groups (broad SMARTS) is 1. The van der Waals surface area contributed by atoms with Crippen LogP contribution in [-0.2, 0) is 4.79 Å². The van der Waals surface area contributed by atoms with E-state index >= 15 is 0 Å². The van der Waals surface area contributed by atoms with Crippen LogP contribution in [0.3, 0.4) is 0 Å². The molecule has 78 valence electrons. The predicted molar refractivity (Wildman–Crippen MR) is 49.6 cm³/mol. The van der Waals surface area contributed by atoms with Crippen LogP contribution in [0.25, 0.3) is 0 Å². The maximum atomic E-state index is 11.3. The average Bonchev–Trinajstić information content (AvgIpc) is 2.25. The summed E-state index contributed by atoms with van der Waals surface area (Å²) in [4.78, 5) is 35.7. The molecule has 0 spiro atoms. The number of aromatic nitrogens is 1. The molecule has 6 heteroatoms. The standard InChI is InChI=1S/C9H8N2O4/c12-5-4-11-8(13)7-6(9(14)15)2-1-3-10-7/h1-3,5H,4H2,(H,11,13)(H,14,15). The number of pyridine rings is 1. The van der Waals surface area contributed by atoms with Crippen molar-refractivity contribution in [3.63, 3.8) is 0 Å². The van der Waals surface area contributed by atoms with Crippen molar-refractivity contribution in [1.29, 1.82) is 0 Å². The highest BCUT2D eigenvalue weighted by Gasteiger charge is 2.16. The highest BCUT2D eigenvalue weighted by Crippen LogP contribution is 2.04. The second kappa shape index (κ2) is 4.85. The number of hydrogen-bond acceptors (Lipinski definition) is 4. The molecule has 1 aromatic heterocycles. The fourth-order valence-corrected chi connectivity index (χ4v) is 0.977. The number of amides is 1. The molecule has 0 saturated carbocycles. The molecule has 1 rings (SSSR count). The van der Waals surface area contributed by atoms with Crippen LogP contribution in [-0.4, -0.2) is 34.8 Å². The fraction of sp³-hybridized carbons (Fsp3) is 0.111. The summed E-state index contributed by atoms with van der Waals surface area (Å²) in [6.07, 6.45) is 1.81. The van der Waals surface area contributed by atoms with Crippen LogP contribution in [0.2, 0.25) is 0 Å². The number of hydrogen-bond donors (Lipinski definition) is 2. The van der Waals surface area contributed by atoms with Crippen molar-refractivity contribution in [2.24, 2.45) is 0 Å². The van der Waals surface area contributed by atoms with Gasteiger partial charge in [0.15, 0.2) is 0 Å². The van der Waals surface area contributed by atoms with Gasteiger partial charge in [0.1, 0.15) is 12.0 Å². The third-order valence-corrected chi connectivity index (χ3v) is 1.60. The van der Waals surface area contributed by atoms with Crippen molar-refractivity contribution in [1.82, 2.24) is 10.3 Å². The van der Waals surface area contributed by atoms with Gasteiger partial charge in [0.25, 0.3) is 5.91 Å². The van der Waals surface area contributed by atoms with Gasteiger partial charge in [-0.25, -0.2) is 4.79 Å². The molecule has 0 bridgehead atoms. The van der Waals surface area contributed by atoms with E-state index in [0.29, 0.717) is 6.29 Å². The topological polar surface area (TPSA) is 96.4 Å². The summed E-state index contributed by atoms with van der Waals surface area (Å²) >= 11 is 0. The fourth-order valence-electron chi connectivity index (χ4n) is 0.977. The molecule has 0 fully saturated rings. The van der Waals surface area contributed by atoms with Crippen molar-refractivity contribution < 1.29 is 19.5 Å². The van der Waals surface area contributed by atoms with E-state index < -0.39 is 11.9 Å². The molecule has 1 aromatic rings. The molecule has 6 nitrogen and oxygen atoms in total. The molecule has 2 N–H and O–H groups in total. The largest absolute Gasteiger partial charge is 0.478 e. The third kappa shape index (κ3) is 2.60. The van der Waals surface area contributed by atoms with Crippen LogP contribution in [0.5, 0.6) is 0 Å². The Labute approximate surface area is 84.9 Å². The van der Waals surface area contributed by atoms with Crippen LogP contribution < -0.4 is 5.32 Å². The number of nitrogens with one attached hydrogen (secondary N) is 1. The Morgan fingerprint density at radius 1 is 1.53 bits per heavy atom. The zero-order valence-corrected chi connectivity index (χ0v) is 7.64. The van der Waals surface area contributed by atoms with Crippen molar-refractivity contribution >= 4 is 18.2 Å². The lowest BCUT2D eigenvalue weighted by atomic mass is 10.2. The minimum absolute atomic E-state index is 0.172. The number of carbonyl (C=O) groups is 3. The normalized spacial score (nSPS) is 9.33. The van der Waals surface area contributed by atoms with Gasteiger partial charge in [0.05, 0.1) is 12.1 Å². The summed E-state index contributed by atoms with van der Waals surface area (Å²) < 4.78 is 0. The Bertz CT molecular complexity index is 403. The number of nitrogens with zero attached hydrogens (tertiary/aromatic N) is 1. The molecule has 0 saturated heterocycles. The zero-order valence-electron chi connectivity index (χ0n) is 7.64. The van der Waals surface area contributed by atoms with E-state index in [0.717, 1.165) is 0 Å². The number of rotatable bonds is 4. The van der Waals surface area contributed by atoms with E-state index in [2.05, 4.69) is 10.3 Å². The Balaban J connectivity index is 2.97. The number of carbonyl (C=O) groups excluding carboxylic acids is 2. The summed E-state index contributed by atoms with van der Waals surface area (Å²) in [5.41, 5.74) is -0.396. The number of carboxylic acids is 1. The summed E-state index contributed by atoms with van der Waals surface area (Å²) in [7, 11) is 0. The Kier molecular flexibility index (Phi) is 3.50. The molecular formula is C9H8N2O4. The minimum Gasteiger partial charge on any atom is -0.478 e. The first kappa shape index (κ1) is 10.8. The lowest BCUT2D eigenvalue weighted by Crippen LogP contribution is -2.27. The molecule has 0 aliphatic carbocycles. The van der Waals surface area contributed by atoms with E-state index in [1.165, 1.54) is 18.3 Å². The van der Waals surface area contributed by atoms with Gasteiger partial charge in [0.2, 0.25) is 0 Å². The quantitative estimate of drug-likeness (QED) is 0.662. The van der Waals surface area contributed by atoms with Gasteiger partial charge >= 0.3 is 5.97 Å². The monoisotopic (exact) mass is 208 g/mol. The molecular weight excluding hydrogens is 200 g/mol. The maximum Gasteiger partial charge on any atom is 0.338 e. The third-order valence-electron chi connectivity index (χ3n) is 1.60. The van der Waals surface area contributed by atoms with Crippen molar-refractivity contribution in [2.75, 3.05) is 6.54 Å². The first-order valence-electron chi connectivity index (χ1n) is 4.07. The maximum absolute atomic E-state index is 11.3. The first-order valence-corrected chi connectivity index (χ1v) is 4.07. The first-order chi connectivity index (χ1) is 7.16. The summed E-state index contributed by atoms with van der Waals surface area (Å²) in [5, 5.41) is 11.0. The second-order valence-electron chi connectivity index (χ2n) is 2.58. The summed E-state index contributed by atoms with van der Waals surface area (Å²) in [5.74, 6) is -1.92. The van der Waals surface area contributed by atoms with E-state index in [1.807, 2.05) is 0 Å². The van der Waals surface area contributed by atoms with Gasteiger partial charge in [-0.2, -0.15) is 0 Å².